The van der Waals surface area contributed by atoms with Crippen LogP contribution in [0.25, 0.3) is 0 Å². The number of carboxylic acid groups (broad SMARTS) is 1. The van der Waals surface area contributed by atoms with Gasteiger partial charge in [-0.1, -0.05) is 6.92 Å². The number of hydrogen-bond donors (Lipinski definition) is 2. The maximum Gasteiger partial charge on any atom is 0.341 e. The van der Waals surface area contributed by atoms with Gasteiger partial charge in [-0.15, -0.1) is 11.3 Å². The van der Waals surface area contributed by atoms with E-state index in [2.05, 4.69) is 5.32 Å². The topological polar surface area (TPSA) is 102 Å². The Bertz CT molecular complexity index is 609. The van der Waals surface area contributed by atoms with Crippen LogP contribution in [0.3, 0.4) is 0 Å². The van der Waals surface area contributed by atoms with Crippen LogP contribution >= 0.6 is 11.3 Å². The van der Waals surface area contributed by atoms with E-state index in [1.54, 1.807) is 0 Å². The minimum Gasteiger partial charge on any atom is -0.480 e. The lowest BCUT2D eigenvalue weighted by Gasteiger charge is -2.08. The molecule has 2 rings (SSSR count). The predicted molar refractivity (Wildman–Crippen MR) is 84.0 cm³/mol. The van der Waals surface area contributed by atoms with Crippen molar-refractivity contribution in [3.8, 4) is 0 Å². The molecular formula is C15H19NO6S. The molecule has 0 aliphatic heterocycles. The molecule has 1 heterocycles. The average Bonchev–Trinajstić information content (AvgIpc) is 3.04. The second-order valence-corrected chi connectivity index (χ2v) is 6.24. The largest absolute Gasteiger partial charge is 0.480 e. The Morgan fingerprint density at radius 3 is 2.74 bits per heavy atom. The van der Waals surface area contributed by atoms with Gasteiger partial charge in [-0.05, 0) is 31.2 Å². The fraction of sp³-hybridized carbons (Fsp3) is 0.533. The number of thiophene rings is 1. The van der Waals surface area contributed by atoms with E-state index in [-0.39, 0.29) is 6.61 Å². The first-order chi connectivity index (χ1) is 11.0. The molecule has 0 saturated heterocycles. The van der Waals surface area contributed by atoms with Crippen LogP contribution in [-0.2, 0) is 31.9 Å². The number of amides is 1. The van der Waals surface area contributed by atoms with E-state index in [9.17, 15) is 14.4 Å². The lowest BCUT2D eigenvalue weighted by atomic mass is 10.1. The predicted octanol–water partition coefficient (Wildman–Crippen LogP) is 1.84. The zero-order valence-electron chi connectivity index (χ0n) is 12.8. The van der Waals surface area contributed by atoms with Crippen molar-refractivity contribution in [2.45, 2.75) is 32.6 Å². The molecule has 0 spiro atoms. The molecule has 0 fully saturated rings. The zero-order chi connectivity index (χ0) is 16.8. The van der Waals surface area contributed by atoms with E-state index in [0.29, 0.717) is 17.2 Å². The number of aryl methyl sites for hydroxylation is 1. The highest BCUT2D eigenvalue weighted by molar-refractivity contribution is 7.17. The van der Waals surface area contributed by atoms with Crippen molar-refractivity contribution in [3.63, 3.8) is 0 Å². The summed E-state index contributed by atoms with van der Waals surface area (Å²) in [5, 5.41) is 11.6. The number of carboxylic acids is 1. The Morgan fingerprint density at radius 2 is 2.04 bits per heavy atom. The Hall–Kier alpha value is -1.93. The fourth-order valence-corrected chi connectivity index (χ4v) is 3.66. The number of rotatable bonds is 8. The standard InChI is InChI=1S/C15H19NO6S/c1-2-6-22-15(20)13-9-4-3-5-10(9)23-14(13)16-11(17)7-21-8-12(18)19/h2-8H2,1H3,(H,16,17)(H,18,19). The Balaban J connectivity index is 2.07. The quantitative estimate of drug-likeness (QED) is 0.700. The van der Waals surface area contributed by atoms with Gasteiger partial charge in [0, 0.05) is 4.88 Å². The van der Waals surface area contributed by atoms with Crippen molar-refractivity contribution in [3.05, 3.63) is 16.0 Å². The molecule has 7 nitrogen and oxygen atoms in total. The fourth-order valence-electron chi connectivity index (χ4n) is 2.37. The summed E-state index contributed by atoms with van der Waals surface area (Å²) in [4.78, 5) is 35.5. The molecule has 1 aliphatic rings. The van der Waals surface area contributed by atoms with E-state index < -0.39 is 24.5 Å². The molecule has 1 aliphatic carbocycles. The third-order valence-corrected chi connectivity index (χ3v) is 4.48. The van der Waals surface area contributed by atoms with Crippen LogP contribution in [0.5, 0.6) is 0 Å². The molecule has 1 aromatic rings. The van der Waals surface area contributed by atoms with Crippen LogP contribution in [0.1, 0.15) is 40.6 Å². The SMILES string of the molecule is CCCOC(=O)c1c(NC(=O)COCC(=O)O)sc2c1CCC2. The third-order valence-electron chi connectivity index (χ3n) is 3.27. The summed E-state index contributed by atoms with van der Waals surface area (Å²) in [6.45, 7) is 1.32. The molecule has 0 aromatic carbocycles. The van der Waals surface area contributed by atoms with E-state index in [1.165, 1.54) is 11.3 Å². The van der Waals surface area contributed by atoms with Crippen LogP contribution in [0.15, 0.2) is 0 Å². The molecule has 126 valence electrons. The molecule has 0 radical (unpaired) electrons. The number of nitrogens with one attached hydrogen (secondary N) is 1. The van der Waals surface area contributed by atoms with Gasteiger partial charge < -0.3 is 19.9 Å². The minimum absolute atomic E-state index is 0.332. The summed E-state index contributed by atoms with van der Waals surface area (Å²) >= 11 is 1.37. The van der Waals surface area contributed by atoms with Crippen molar-refractivity contribution in [1.82, 2.24) is 0 Å². The molecule has 0 atom stereocenters. The van der Waals surface area contributed by atoms with Crippen molar-refractivity contribution < 1.29 is 29.0 Å². The summed E-state index contributed by atoms with van der Waals surface area (Å²) in [5.74, 6) is -2.06. The molecule has 1 amide bonds. The number of esters is 1. The highest BCUT2D eigenvalue weighted by Gasteiger charge is 2.28. The lowest BCUT2D eigenvalue weighted by molar-refractivity contribution is -0.143. The Kier molecular flexibility index (Phi) is 6.12. The van der Waals surface area contributed by atoms with Gasteiger partial charge in [-0.2, -0.15) is 0 Å². The molecule has 0 saturated carbocycles. The second-order valence-electron chi connectivity index (χ2n) is 5.13. The summed E-state index contributed by atoms with van der Waals surface area (Å²) in [7, 11) is 0. The van der Waals surface area contributed by atoms with Crippen molar-refractivity contribution in [2.75, 3.05) is 25.1 Å². The summed E-state index contributed by atoms with van der Waals surface area (Å²) in [6.07, 6.45) is 3.40. The van der Waals surface area contributed by atoms with Gasteiger partial charge in [0.25, 0.3) is 5.91 Å². The Labute approximate surface area is 137 Å². The molecule has 0 unspecified atom stereocenters. The van der Waals surface area contributed by atoms with Gasteiger partial charge in [0.2, 0.25) is 0 Å². The van der Waals surface area contributed by atoms with Crippen LogP contribution in [0.4, 0.5) is 5.00 Å². The maximum absolute atomic E-state index is 12.3. The number of ether oxygens (including phenoxy) is 2. The number of anilines is 1. The molecule has 0 bridgehead atoms. The van der Waals surface area contributed by atoms with Gasteiger partial charge in [-0.3, -0.25) is 4.79 Å². The maximum atomic E-state index is 12.3. The number of carbonyl (C=O) groups excluding carboxylic acids is 2. The molecule has 23 heavy (non-hydrogen) atoms. The van der Waals surface area contributed by atoms with Crippen LogP contribution in [-0.4, -0.2) is 42.8 Å². The summed E-state index contributed by atoms with van der Waals surface area (Å²) in [5.41, 5.74) is 1.39. The Morgan fingerprint density at radius 1 is 1.26 bits per heavy atom. The number of aliphatic carboxylic acids is 1. The zero-order valence-corrected chi connectivity index (χ0v) is 13.7. The van der Waals surface area contributed by atoms with Crippen molar-refractivity contribution in [2.24, 2.45) is 0 Å². The van der Waals surface area contributed by atoms with Crippen molar-refractivity contribution in [1.29, 1.82) is 0 Å². The van der Waals surface area contributed by atoms with Gasteiger partial charge in [-0.25, -0.2) is 9.59 Å². The van der Waals surface area contributed by atoms with Gasteiger partial charge in [0.05, 0.1) is 12.2 Å². The van der Waals surface area contributed by atoms with Gasteiger partial charge >= 0.3 is 11.9 Å². The smallest absolute Gasteiger partial charge is 0.341 e. The first-order valence-electron chi connectivity index (χ1n) is 7.44. The summed E-state index contributed by atoms with van der Waals surface area (Å²) < 4.78 is 9.95. The highest BCUT2D eigenvalue weighted by atomic mass is 32.1. The van der Waals surface area contributed by atoms with E-state index in [0.717, 1.165) is 36.1 Å². The van der Waals surface area contributed by atoms with Gasteiger partial charge in [0.15, 0.2) is 0 Å². The molecule has 2 N–H and O–H groups in total. The number of carbonyl (C=O) groups is 3. The average molecular weight is 341 g/mol. The van der Waals surface area contributed by atoms with Gasteiger partial charge in [0.1, 0.15) is 18.2 Å². The van der Waals surface area contributed by atoms with Crippen LogP contribution in [0, 0.1) is 0 Å². The molecular weight excluding hydrogens is 322 g/mol. The molecule has 1 aromatic heterocycles. The van der Waals surface area contributed by atoms with E-state index in [1.807, 2.05) is 6.92 Å². The number of hydrogen-bond acceptors (Lipinski definition) is 6. The molecule has 8 heteroatoms. The van der Waals surface area contributed by atoms with Crippen molar-refractivity contribution >= 4 is 34.2 Å². The highest BCUT2D eigenvalue weighted by Crippen LogP contribution is 2.39. The monoisotopic (exact) mass is 341 g/mol. The lowest BCUT2D eigenvalue weighted by Crippen LogP contribution is -2.21. The van der Waals surface area contributed by atoms with E-state index >= 15 is 0 Å². The first-order valence-corrected chi connectivity index (χ1v) is 8.25. The first kappa shape index (κ1) is 17.4. The van der Waals surface area contributed by atoms with Crippen LogP contribution in [0.2, 0.25) is 0 Å². The van der Waals surface area contributed by atoms with E-state index in [4.69, 9.17) is 14.6 Å². The number of fused-ring (bicyclic) bond motifs is 1. The van der Waals surface area contributed by atoms with Crippen LogP contribution < -0.4 is 5.32 Å². The second kappa shape index (κ2) is 8.07. The minimum atomic E-state index is -1.14. The normalized spacial score (nSPS) is 12.7. The summed E-state index contributed by atoms with van der Waals surface area (Å²) in [6, 6.07) is 0. The third kappa shape index (κ3) is 4.52.